The fourth-order valence-electron chi connectivity index (χ4n) is 3.75. The van der Waals surface area contributed by atoms with Crippen molar-refractivity contribution in [1.82, 2.24) is 15.0 Å². The van der Waals surface area contributed by atoms with Crippen molar-refractivity contribution in [3.05, 3.63) is 52.7 Å². The molecule has 0 radical (unpaired) electrons. The SMILES string of the molecule is Cc1noc(C)c1C(=O)N1CCC[C@H](N(C)C(=O)Cc2ccccc2F)CC1. The van der Waals surface area contributed by atoms with Gasteiger partial charge in [0.1, 0.15) is 17.1 Å². The zero-order chi connectivity index (χ0) is 20.3. The minimum atomic E-state index is -0.360. The number of benzene rings is 1. The van der Waals surface area contributed by atoms with E-state index in [0.717, 1.165) is 12.8 Å². The molecule has 2 heterocycles. The normalized spacial score (nSPS) is 17.3. The average Bonchev–Trinajstić information content (AvgIpc) is 2.87. The third kappa shape index (κ3) is 4.24. The summed E-state index contributed by atoms with van der Waals surface area (Å²) in [7, 11) is 1.76. The maximum absolute atomic E-state index is 13.8. The fraction of sp³-hybridized carbons (Fsp3) is 0.476. The van der Waals surface area contributed by atoms with Crippen molar-refractivity contribution in [3.63, 3.8) is 0 Å². The second kappa shape index (κ2) is 8.54. The highest BCUT2D eigenvalue weighted by Crippen LogP contribution is 2.21. The van der Waals surface area contributed by atoms with Crippen LogP contribution in [0.3, 0.4) is 0 Å². The molecule has 0 unspecified atom stereocenters. The molecule has 7 heteroatoms. The van der Waals surface area contributed by atoms with E-state index < -0.39 is 0 Å². The number of carbonyl (C=O) groups excluding carboxylic acids is 2. The first-order chi connectivity index (χ1) is 13.4. The summed E-state index contributed by atoms with van der Waals surface area (Å²) in [6.45, 7) is 4.70. The maximum atomic E-state index is 13.8. The molecule has 0 saturated carbocycles. The van der Waals surface area contributed by atoms with E-state index in [1.165, 1.54) is 6.07 Å². The van der Waals surface area contributed by atoms with E-state index in [4.69, 9.17) is 4.52 Å². The first kappa shape index (κ1) is 20.0. The van der Waals surface area contributed by atoms with Crippen molar-refractivity contribution in [3.8, 4) is 0 Å². The number of aromatic nitrogens is 1. The first-order valence-electron chi connectivity index (χ1n) is 9.59. The van der Waals surface area contributed by atoms with Gasteiger partial charge in [0.15, 0.2) is 0 Å². The summed E-state index contributed by atoms with van der Waals surface area (Å²) in [5, 5.41) is 3.86. The second-order valence-electron chi connectivity index (χ2n) is 7.35. The van der Waals surface area contributed by atoms with Crippen LogP contribution < -0.4 is 0 Å². The van der Waals surface area contributed by atoms with Crippen LogP contribution >= 0.6 is 0 Å². The van der Waals surface area contributed by atoms with Gasteiger partial charge in [0.25, 0.3) is 5.91 Å². The minimum absolute atomic E-state index is 0.0294. The summed E-state index contributed by atoms with van der Waals surface area (Å²) in [6, 6.07) is 6.38. The largest absolute Gasteiger partial charge is 0.361 e. The minimum Gasteiger partial charge on any atom is -0.361 e. The van der Waals surface area contributed by atoms with E-state index in [-0.39, 0.29) is 30.1 Å². The van der Waals surface area contributed by atoms with Crippen LogP contribution in [0.25, 0.3) is 0 Å². The Kier molecular flexibility index (Phi) is 6.11. The molecular weight excluding hydrogens is 361 g/mol. The lowest BCUT2D eigenvalue weighted by Crippen LogP contribution is -2.39. The van der Waals surface area contributed by atoms with Crippen molar-refractivity contribution in [1.29, 1.82) is 0 Å². The molecular formula is C21H26FN3O3. The maximum Gasteiger partial charge on any atom is 0.259 e. The number of amides is 2. The summed E-state index contributed by atoms with van der Waals surface area (Å²) in [5.41, 5.74) is 1.53. The number of rotatable bonds is 4. The van der Waals surface area contributed by atoms with Gasteiger partial charge < -0.3 is 14.3 Å². The van der Waals surface area contributed by atoms with Gasteiger partial charge in [0, 0.05) is 26.2 Å². The molecule has 28 heavy (non-hydrogen) atoms. The van der Waals surface area contributed by atoms with Crippen LogP contribution in [0, 0.1) is 19.7 Å². The Labute approximate surface area is 164 Å². The lowest BCUT2D eigenvalue weighted by molar-refractivity contribution is -0.131. The molecule has 6 nitrogen and oxygen atoms in total. The Balaban J connectivity index is 1.62. The van der Waals surface area contributed by atoms with Crippen molar-refractivity contribution in [2.75, 3.05) is 20.1 Å². The third-order valence-electron chi connectivity index (χ3n) is 5.47. The van der Waals surface area contributed by atoms with Gasteiger partial charge in [0.2, 0.25) is 5.91 Å². The number of nitrogens with zero attached hydrogens (tertiary/aromatic N) is 3. The van der Waals surface area contributed by atoms with Gasteiger partial charge in [-0.3, -0.25) is 9.59 Å². The Bertz CT molecular complexity index is 845. The van der Waals surface area contributed by atoms with Gasteiger partial charge in [-0.25, -0.2) is 4.39 Å². The molecule has 2 amide bonds. The standard InChI is InChI=1S/C21H26FN3O3/c1-14-20(15(2)28-23-14)21(27)25-11-6-8-17(10-12-25)24(3)19(26)13-16-7-4-5-9-18(16)22/h4-5,7,9,17H,6,8,10-13H2,1-3H3/t17-/m0/s1. The molecule has 150 valence electrons. The Morgan fingerprint density at radius 3 is 2.68 bits per heavy atom. The Hall–Kier alpha value is -2.70. The number of hydrogen-bond acceptors (Lipinski definition) is 4. The summed E-state index contributed by atoms with van der Waals surface area (Å²) in [5.74, 6) is -0.0142. The highest BCUT2D eigenvalue weighted by atomic mass is 19.1. The smallest absolute Gasteiger partial charge is 0.259 e. The van der Waals surface area contributed by atoms with Gasteiger partial charge in [0.05, 0.1) is 12.1 Å². The molecule has 1 aromatic carbocycles. The summed E-state index contributed by atoms with van der Waals surface area (Å²) in [6.07, 6.45) is 2.35. The van der Waals surface area contributed by atoms with E-state index in [0.29, 0.717) is 42.1 Å². The van der Waals surface area contributed by atoms with E-state index in [2.05, 4.69) is 5.16 Å². The number of hydrogen-bond donors (Lipinski definition) is 0. The topological polar surface area (TPSA) is 66.7 Å². The lowest BCUT2D eigenvalue weighted by Gasteiger charge is -2.27. The molecule has 0 N–H and O–H groups in total. The van der Waals surface area contributed by atoms with Crippen molar-refractivity contribution in [2.24, 2.45) is 0 Å². The predicted molar refractivity (Wildman–Crippen MR) is 102 cm³/mol. The molecule has 2 aromatic rings. The molecule has 1 saturated heterocycles. The van der Waals surface area contributed by atoms with Crippen LogP contribution in [0.1, 0.15) is 46.6 Å². The van der Waals surface area contributed by atoms with Gasteiger partial charge in [-0.15, -0.1) is 0 Å². The van der Waals surface area contributed by atoms with Crippen molar-refractivity contribution < 1.29 is 18.5 Å². The van der Waals surface area contributed by atoms with Crippen LogP contribution in [-0.4, -0.2) is 52.9 Å². The highest BCUT2D eigenvalue weighted by Gasteiger charge is 2.28. The van der Waals surface area contributed by atoms with Crippen LogP contribution in [0.15, 0.2) is 28.8 Å². The molecule has 3 rings (SSSR count). The first-order valence-corrected chi connectivity index (χ1v) is 9.59. The Morgan fingerprint density at radius 1 is 1.25 bits per heavy atom. The summed E-state index contributed by atoms with van der Waals surface area (Å²) < 4.78 is 18.9. The molecule has 1 aromatic heterocycles. The van der Waals surface area contributed by atoms with Gasteiger partial charge >= 0.3 is 0 Å². The van der Waals surface area contributed by atoms with E-state index in [1.807, 2.05) is 4.90 Å². The van der Waals surface area contributed by atoms with Crippen LogP contribution in [0.2, 0.25) is 0 Å². The molecule has 1 aliphatic rings. The van der Waals surface area contributed by atoms with Crippen molar-refractivity contribution >= 4 is 11.8 Å². The number of halogens is 1. The fourth-order valence-corrected chi connectivity index (χ4v) is 3.75. The zero-order valence-corrected chi connectivity index (χ0v) is 16.6. The Morgan fingerprint density at radius 2 is 2.00 bits per heavy atom. The van der Waals surface area contributed by atoms with Gasteiger partial charge in [-0.1, -0.05) is 23.4 Å². The molecule has 1 aliphatic heterocycles. The van der Waals surface area contributed by atoms with Crippen LogP contribution in [0.5, 0.6) is 0 Å². The van der Waals surface area contributed by atoms with Crippen molar-refractivity contribution in [2.45, 2.75) is 45.6 Å². The molecule has 0 spiro atoms. The van der Waals surface area contributed by atoms with Gasteiger partial charge in [-0.2, -0.15) is 0 Å². The van der Waals surface area contributed by atoms with E-state index in [1.54, 1.807) is 44.0 Å². The molecule has 1 fully saturated rings. The molecule has 1 atom stereocenters. The van der Waals surface area contributed by atoms with E-state index >= 15 is 0 Å². The summed E-state index contributed by atoms with van der Waals surface area (Å²) >= 11 is 0. The average molecular weight is 387 g/mol. The predicted octanol–water partition coefficient (Wildman–Crippen LogP) is 3.13. The zero-order valence-electron chi connectivity index (χ0n) is 16.6. The number of likely N-dealkylation sites (tertiary alicyclic amines) is 1. The summed E-state index contributed by atoms with van der Waals surface area (Å²) in [4.78, 5) is 29.0. The highest BCUT2D eigenvalue weighted by molar-refractivity contribution is 5.96. The monoisotopic (exact) mass is 387 g/mol. The number of aryl methyl sites for hydroxylation is 2. The quantitative estimate of drug-likeness (QED) is 0.808. The lowest BCUT2D eigenvalue weighted by atomic mass is 10.1. The molecule has 0 bridgehead atoms. The number of likely N-dealkylation sites (N-methyl/N-ethyl adjacent to an activating group) is 1. The van der Waals surface area contributed by atoms with Crippen LogP contribution in [0.4, 0.5) is 4.39 Å². The third-order valence-corrected chi connectivity index (χ3v) is 5.47. The van der Waals surface area contributed by atoms with E-state index in [9.17, 15) is 14.0 Å². The second-order valence-corrected chi connectivity index (χ2v) is 7.35. The van der Waals surface area contributed by atoms with Gasteiger partial charge in [-0.05, 0) is 44.7 Å². The molecule has 0 aliphatic carbocycles. The number of carbonyl (C=O) groups is 2. The van der Waals surface area contributed by atoms with Crippen LogP contribution in [-0.2, 0) is 11.2 Å².